The molecule has 2 heterocycles. The van der Waals surface area contributed by atoms with Crippen LogP contribution in [0.15, 0.2) is 24.3 Å². The summed E-state index contributed by atoms with van der Waals surface area (Å²) in [5, 5.41) is 0. The second-order valence-corrected chi connectivity index (χ2v) is 6.64. The zero-order chi connectivity index (χ0) is 16.9. The number of carbonyl (C=O) groups is 2. The molecule has 0 spiro atoms. The monoisotopic (exact) mass is 402 g/mol. The number of likely N-dealkylation sites (tertiary alicyclic amines) is 1. The summed E-state index contributed by atoms with van der Waals surface area (Å²) in [4.78, 5) is 30.9. The predicted molar refractivity (Wildman–Crippen MR) is 108 cm³/mol. The number of hydrogen-bond donors (Lipinski definition) is 1. The van der Waals surface area contributed by atoms with E-state index in [0.29, 0.717) is 24.3 Å². The average molecular weight is 403 g/mol. The van der Waals surface area contributed by atoms with Crippen molar-refractivity contribution in [3.8, 4) is 0 Å². The maximum atomic E-state index is 12.6. The van der Waals surface area contributed by atoms with E-state index in [0.717, 1.165) is 52.0 Å². The van der Waals surface area contributed by atoms with Crippen molar-refractivity contribution in [3.63, 3.8) is 0 Å². The molecule has 8 heteroatoms. The van der Waals surface area contributed by atoms with Gasteiger partial charge in [-0.1, -0.05) is 6.07 Å². The van der Waals surface area contributed by atoms with Crippen molar-refractivity contribution in [2.24, 2.45) is 0 Å². The van der Waals surface area contributed by atoms with Crippen molar-refractivity contribution in [1.29, 1.82) is 0 Å². The predicted octanol–water partition coefficient (Wildman–Crippen LogP) is 1.88. The van der Waals surface area contributed by atoms with Crippen molar-refractivity contribution >= 4 is 42.3 Å². The summed E-state index contributed by atoms with van der Waals surface area (Å²) in [6.07, 6.45) is 3.13. The average Bonchev–Trinajstić information content (AvgIpc) is 3.02. The molecule has 0 saturated carbocycles. The Bertz CT molecular complexity index is 609. The summed E-state index contributed by atoms with van der Waals surface area (Å²) in [6.45, 7) is 5.25. The molecule has 0 radical (unpaired) electrons. The number of amides is 2. The Hall–Kier alpha value is -1.50. The lowest BCUT2D eigenvalue weighted by Crippen LogP contribution is -2.41. The Labute approximate surface area is 167 Å². The third-order valence-electron chi connectivity index (χ3n) is 4.83. The van der Waals surface area contributed by atoms with Gasteiger partial charge in [-0.25, -0.2) is 0 Å². The van der Waals surface area contributed by atoms with E-state index >= 15 is 0 Å². The molecule has 0 bridgehead atoms. The van der Waals surface area contributed by atoms with Gasteiger partial charge in [0.2, 0.25) is 5.91 Å². The van der Waals surface area contributed by atoms with Crippen molar-refractivity contribution in [2.45, 2.75) is 19.3 Å². The van der Waals surface area contributed by atoms with Crippen LogP contribution in [0.2, 0.25) is 0 Å². The molecular formula is C18H28Cl2N4O2. The molecule has 0 unspecified atom stereocenters. The third-order valence-corrected chi connectivity index (χ3v) is 4.83. The van der Waals surface area contributed by atoms with Gasteiger partial charge in [-0.15, -0.1) is 24.8 Å². The van der Waals surface area contributed by atoms with Gasteiger partial charge >= 0.3 is 0 Å². The highest BCUT2D eigenvalue weighted by Crippen LogP contribution is 2.13. The molecule has 2 fully saturated rings. The second kappa shape index (κ2) is 10.6. The molecule has 1 aromatic carbocycles. The lowest BCUT2D eigenvalue weighted by atomic mass is 10.1. The van der Waals surface area contributed by atoms with Crippen LogP contribution in [0.1, 0.15) is 29.6 Å². The molecular weight excluding hydrogens is 375 g/mol. The molecule has 0 atom stereocenters. The fourth-order valence-corrected chi connectivity index (χ4v) is 3.44. The zero-order valence-corrected chi connectivity index (χ0v) is 16.6. The maximum absolute atomic E-state index is 12.6. The highest BCUT2D eigenvalue weighted by atomic mass is 35.5. The molecule has 3 rings (SSSR count). The van der Waals surface area contributed by atoms with Crippen LogP contribution in [-0.2, 0) is 4.79 Å². The van der Waals surface area contributed by atoms with Crippen LogP contribution >= 0.6 is 24.8 Å². The van der Waals surface area contributed by atoms with Gasteiger partial charge < -0.3 is 15.5 Å². The quantitative estimate of drug-likeness (QED) is 0.783. The largest absolute Gasteiger partial charge is 0.399 e. The molecule has 2 aliphatic rings. The number of carbonyl (C=O) groups excluding carboxylic acids is 2. The first kappa shape index (κ1) is 22.5. The minimum Gasteiger partial charge on any atom is -0.399 e. The fourth-order valence-electron chi connectivity index (χ4n) is 3.44. The van der Waals surface area contributed by atoms with Crippen LogP contribution in [0.25, 0.3) is 0 Å². The summed E-state index contributed by atoms with van der Waals surface area (Å²) in [5.74, 6) is 0.248. The Morgan fingerprint density at radius 1 is 0.885 bits per heavy atom. The normalized spacial score (nSPS) is 17.8. The Morgan fingerprint density at radius 3 is 2.27 bits per heavy atom. The summed E-state index contributed by atoms with van der Waals surface area (Å²) in [7, 11) is 0. The van der Waals surface area contributed by atoms with Crippen LogP contribution in [0, 0.1) is 0 Å². The van der Waals surface area contributed by atoms with E-state index in [2.05, 4.69) is 4.90 Å². The number of nitrogen functional groups attached to an aromatic ring is 1. The van der Waals surface area contributed by atoms with Crippen LogP contribution in [0.3, 0.4) is 0 Å². The SMILES string of the molecule is Cl.Cl.Nc1cccc(C(=O)N2CCCN(CC(=O)N3CCCC3)CC2)c1. The van der Waals surface area contributed by atoms with Gasteiger partial charge in [0, 0.05) is 50.5 Å². The van der Waals surface area contributed by atoms with Gasteiger partial charge in [-0.05, 0) is 37.5 Å². The molecule has 6 nitrogen and oxygen atoms in total. The van der Waals surface area contributed by atoms with Gasteiger partial charge in [0.05, 0.1) is 6.54 Å². The number of nitrogens with zero attached hydrogens (tertiary/aromatic N) is 3. The van der Waals surface area contributed by atoms with Crippen molar-refractivity contribution < 1.29 is 9.59 Å². The number of nitrogens with two attached hydrogens (primary N) is 1. The molecule has 0 aromatic heterocycles. The van der Waals surface area contributed by atoms with E-state index in [-0.39, 0.29) is 36.6 Å². The van der Waals surface area contributed by atoms with Crippen LogP contribution in [0.5, 0.6) is 0 Å². The molecule has 2 amide bonds. The summed E-state index contributed by atoms with van der Waals surface area (Å²) < 4.78 is 0. The molecule has 2 N–H and O–H groups in total. The van der Waals surface area contributed by atoms with E-state index < -0.39 is 0 Å². The van der Waals surface area contributed by atoms with Gasteiger partial charge in [0.1, 0.15) is 0 Å². The third kappa shape index (κ3) is 5.76. The number of benzene rings is 1. The number of rotatable bonds is 3. The standard InChI is InChI=1S/C18H26N4O2.2ClH/c19-16-6-3-5-15(13-16)18(24)22-10-4-7-20(11-12-22)14-17(23)21-8-1-2-9-21;;/h3,5-6,13H,1-2,4,7-12,14,19H2;2*1H. The van der Waals surface area contributed by atoms with Crippen molar-refractivity contribution in [2.75, 3.05) is 51.5 Å². The molecule has 1 aromatic rings. The first-order valence-corrected chi connectivity index (χ1v) is 8.78. The fraction of sp³-hybridized carbons (Fsp3) is 0.556. The summed E-state index contributed by atoms with van der Waals surface area (Å²) in [6, 6.07) is 7.12. The van der Waals surface area contributed by atoms with E-state index in [4.69, 9.17) is 5.73 Å². The van der Waals surface area contributed by atoms with E-state index in [1.54, 1.807) is 24.3 Å². The van der Waals surface area contributed by atoms with E-state index in [1.807, 2.05) is 9.80 Å². The smallest absolute Gasteiger partial charge is 0.253 e. The highest BCUT2D eigenvalue weighted by molar-refractivity contribution is 5.95. The van der Waals surface area contributed by atoms with Gasteiger partial charge in [-0.3, -0.25) is 14.5 Å². The summed E-state index contributed by atoms with van der Waals surface area (Å²) in [5.41, 5.74) is 7.01. The van der Waals surface area contributed by atoms with Crippen LogP contribution in [-0.4, -0.2) is 72.3 Å². The maximum Gasteiger partial charge on any atom is 0.253 e. The van der Waals surface area contributed by atoms with Gasteiger partial charge in [0.25, 0.3) is 5.91 Å². The van der Waals surface area contributed by atoms with Gasteiger partial charge in [0.15, 0.2) is 0 Å². The minimum absolute atomic E-state index is 0. The minimum atomic E-state index is 0. The Balaban J connectivity index is 0.00000169. The summed E-state index contributed by atoms with van der Waals surface area (Å²) >= 11 is 0. The van der Waals surface area contributed by atoms with E-state index in [9.17, 15) is 9.59 Å². The van der Waals surface area contributed by atoms with E-state index in [1.165, 1.54) is 0 Å². The number of halogens is 2. The molecule has 146 valence electrons. The lowest BCUT2D eigenvalue weighted by molar-refractivity contribution is -0.131. The molecule has 2 aliphatic heterocycles. The topological polar surface area (TPSA) is 69.9 Å². The number of hydrogen-bond acceptors (Lipinski definition) is 4. The van der Waals surface area contributed by atoms with Crippen LogP contribution < -0.4 is 5.73 Å². The second-order valence-electron chi connectivity index (χ2n) is 6.64. The Kier molecular flexibility index (Phi) is 9.19. The first-order chi connectivity index (χ1) is 11.6. The van der Waals surface area contributed by atoms with Crippen molar-refractivity contribution in [3.05, 3.63) is 29.8 Å². The number of anilines is 1. The lowest BCUT2D eigenvalue weighted by Gasteiger charge is -2.24. The van der Waals surface area contributed by atoms with Crippen LogP contribution in [0.4, 0.5) is 5.69 Å². The molecule has 0 aliphatic carbocycles. The molecule has 26 heavy (non-hydrogen) atoms. The molecule has 2 saturated heterocycles. The zero-order valence-electron chi connectivity index (χ0n) is 14.9. The van der Waals surface area contributed by atoms with Crippen molar-refractivity contribution in [1.82, 2.24) is 14.7 Å². The highest BCUT2D eigenvalue weighted by Gasteiger charge is 2.24. The van der Waals surface area contributed by atoms with Gasteiger partial charge in [-0.2, -0.15) is 0 Å². The first-order valence-electron chi connectivity index (χ1n) is 8.78. The Morgan fingerprint density at radius 2 is 1.58 bits per heavy atom.